The summed E-state index contributed by atoms with van der Waals surface area (Å²) in [6.07, 6.45) is 1.30. The molecule has 1 N–H and O–H groups in total. The van der Waals surface area contributed by atoms with Gasteiger partial charge in [-0.1, -0.05) is 0 Å². The second kappa shape index (κ2) is 2.66. The minimum Gasteiger partial charge on any atom is -0.299 e. The van der Waals surface area contributed by atoms with E-state index in [0.717, 1.165) is 6.42 Å². The molecule has 0 amide bonds. The molecular weight excluding hydrogens is 130 g/mol. The third-order valence-electron chi connectivity index (χ3n) is 1.43. The van der Waals surface area contributed by atoms with Gasteiger partial charge in [-0.15, -0.1) is 0 Å². The predicted molar refractivity (Wildman–Crippen MR) is 32.3 cm³/mol. The molecule has 4 heteroatoms. The van der Waals surface area contributed by atoms with Crippen molar-refractivity contribution in [3.63, 3.8) is 0 Å². The van der Waals surface area contributed by atoms with Crippen LogP contribution in [0.4, 0.5) is 0 Å². The summed E-state index contributed by atoms with van der Waals surface area (Å²) in [5.74, 6) is 0. The second-order valence-electron chi connectivity index (χ2n) is 2.18. The molecule has 0 saturated carbocycles. The third kappa shape index (κ3) is 1.08. The summed E-state index contributed by atoms with van der Waals surface area (Å²) < 4.78 is 0. The summed E-state index contributed by atoms with van der Waals surface area (Å²) in [4.78, 5) is 4.77. The van der Waals surface area contributed by atoms with E-state index in [1.54, 1.807) is 0 Å². The van der Waals surface area contributed by atoms with E-state index >= 15 is 0 Å². The first-order valence-electron chi connectivity index (χ1n) is 3.04. The van der Waals surface area contributed by atoms with E-state index < -0.39 is 5.54 Å². The van der Waals surface area contributed by atoms with Gasteiger partial charge in [-0.05, 0) is 12.8 Å². The Morgan fingerprint density at radius 2 is 2.10 bits per heavy atom. The molecule has 1 aliphatic heterocycles. The van der Waals surface area contributed by atoms with Crippen LogP contribution in [-0.4, -0.2) is 12.1 Å². The maximum absolute atomic E-state index is 8.53. The lowest BCUT2D eigenvalue weighted by Gasteiger charge is -2.24. The van der Waals surface area contributed by atoms with Gasteiger partial charge in [-0.2, -0.15) is 16.0 Å². The van der Waals surface area contributed by atoms with E-state index in [1.807, 2.05) is 12.1 Å². The average Bonchev–Trinajstić information content (AvgIpc) is 2.06. The molecule has 4 nitrogen and oxygen atoms in total. The predicted octanol–water partition coefficient (Wildman–Crippen LogP) is 0.0874. The Morgan fingerprint density at radius 1 is 1.40 bits per heavy atom. The topological polar surface area (TPSA) is 68.8 Å². The van der Waals surface area contributed by atoms with Gasteiger partial charge in [0.15, 0.2) is 0 Å². The minimum atomic E-state index is -1.10. The van der Waals surface area contributed by atoms with Crippen molar-refractivity contribution in [2.24, 2.45) is 0 Å². The Bertz CT molecular complexity index is 178. The molecule has 10 heavy (non-hydrogen) atoms. The SMILES string of the molecule is N#CC1(C#N)CCCON1. The van der Waals surface area contributed by atoms with Gasteiger partial charge in [-0.3, -0.25) is 4.84 Å². The zero-order chi connectivity index (χ0) is 7.45. The third-order valence-corrected chi connectivity index (χ3v) is 1.43. The van der Waals surface area contributed by atoms with E-state index in [4.69, 9.17) is 15.4 Å². The number of nitrogens with one attached hydrogen (secondary N) is 1. The zero-order valence-corrected chi connectivity index (χ0v) is 5.42. The van der Waals surface area contributed by atoms with Crippen LogP contribution in [0.25, 0.3) is 0 Å². The Labute approximate surface area is 59.0 Å². The first-order chi connectivity index (χ1) is 4.83. The molecule has 52 valence electrons. The zero-order valence-electron chi connectivity index (χ0n) is 5.42. The number of rotatable bonds is 0. The van der Waals surface area contributed by atoms with Crippen molar-refractivity contribution < 1.29 is 4.84 Å². The van der Waals surface area contributed by atoms with Crippen molar-refractivity contribution in [1.29, 1.82) is 10.5 Å². The molecule has 1 saturated heterocycles. The van der Waals surface area contributed by atoms with E-state index in [1.165, 1.54) is 0 Å². The van der Waals surface area contributed by atoms with Crippen LogP contribution in [-0.2, 0) is 4.84 Å². The highest BCUT2D eigenvalue weighted by Crippen LogP contribution is 2.14. The van der Waals surface area contributed by atoms with E-state index in [0.29, 0.717) is 13.0 Å². The van der Waals surface area contributed by atoms with Crippen LogP contribution in [0.1, 0.15) is 12.8 Å². The maximum atomic E-state index is 8.53. The number of hydrogen-bond acceptors (Lipinski definition) is 4. The van der Waals surface area contributed by atoms with Crippen LogP contribution < -0.4 is 5.48 Å². The highest BCUT2D eigenvalue weighted by Gasteiger charge is 2.32. The average molecular weight is 137 g/mol. The molecule has 1 rings (SSSR count). The monoisotopic (exact) mass is 137 g/mol. The number of nitrogens with zero attached hydrogens (tertiary/aromatic N) is 2. The first kappa shape index (κ1) is 7.01. The highest BCUT2D eigenvalue weighted by molar-refractivity contribution is 5.20. The molecule has 1 fully saturated rings. The van der Waals surface area contributed by atoms with Crippen molar-refractivity contribution in [1.82, 2.24) is 5.48 Å². The Morgan fingerprint density at radius 3 is 2.40 bits per heavy atom. The van der Waals surface area contributed by atoms with Crippen LogP contribution in [0, 0.1) is 22.7 Å². The summed E-state index contributed by atoms with van der Waals surface area (Å²) in [5.41, 5.74) is 1.31. The Balaban J connectivity index is 2.67. The van der Waals surface area contributed by atoms with Crippen LogP contribution in [0.3, 0.4) is 0 Å². The summed E-state index contributed by atoms with van der Waals surface area (Å²) in [5, 5.41) is 17.1. The standard InChI is InChI=1S/C6H7N3O/c7-4-6(5-8)2-1-3-10-9-6/h9H,1-3H2. The minimum absolute atomic E-state index is 0.542. The molecule has 0 aromatic rings. The van der Waals surface area contributed by atoms with Crippen molar-refractivity contribution >= 4 is 0 Å². The smallest absolute Gasteiger partial charge is 0.215 e. The van der Waals surface area contributed by atoms with Crippen molar-refractivity contribution in [3.05, 3.63) is 0 Å². The normalized spacial score (nSPS) is 22.6. The molecule has 0 spiro atoms. The lowest BCUT2D eigenvalue weighted by molar-refractivity contribution is -0.0251. The van der Waals surface area contributed by atoms with Gasteiger partial charge in [-0.25, -0.2) is 0 Å². The van der Waals surface area contributed by atoms with Gasteiger partial charge in [0.05, 0.1) is 6.61 Å². The summed E-state index contributed by atoms with van der Waals surface area (Å²) in [7, 11) is 0. The number of nitriles is 2. The van der Waals surface area contributed by atoms with Crippen molar-refractivity contribution in [2.75, 3.05) is 6.61 Å². The number of hydrogen-bond donors (Lipinski definition) is 1. The summed E-state index contributed by atoms with van der Waals surface area (Å²) in [6, 6.07) is 3.74. The highest BCUT2D eigenvalue weighted by atomic mass is 16.6. The van der Waals surface area contributed by atoms with Crippen LogP contribution >= 0.6 is 0 Å². The summed E-state index contributed by atoms with van der Waals surface area (Å²) in [6.45, 7) is 0.575. The Kier molecular flexibility index (Phi) is 1.86. The molecule has 0 aliphatic carbocycles. The fourth-order valence-electron chi connectivity index (χ4n) is 0.817. The molecule has 1 aliphatic rings. The van der Waals surface area contributed by atoms with E-state index in [9.17, 15) is 0 Å². The van der Waals surface area contributed by atoms with Crippen LogP contribution in [0.15, 0.2) is 0 Å². The number of hydroxylamine groups is 1. The molecule has 0 aromatic heterocycles. The molecule has 0 atom stereocenters. The molecular formula is C6H7N3O. The van der Waals surface area contributed by atoms with Crippen molar-refractivity contribution in [2.45, 2.75) is 18.4 Å². The molecule has 0 unspecified atom stereocenters. The lowest BCUT2D eigenvalue weighted by Crippen LogP contribution is -2.46. The quantitative estimate of drug-likeness (QED) is 0.513. The van der Waals surface area contributed by atoms with Gasteiger partial charge < -0.3 is 0 Å². The van der Waals surface area contributed by atoms with E-state index in [2.05, 4.69) is 5.48 Å². The first-order valence-corrected chi connectivity index (χ1v) is 3.04. The van der Waals surface area contributed by atoms with Gasteiger partial charge in [0.2, 0.25) is 5.54 Å². The van der Waals surface area contributed by atoms with Crippen LogP contribution in [0.5, 0.6) is 0 Å². The maximum Gasteiger partial charge on any atom is 0.215 e. The summed E-state index contributed by atoms with van der Waals surface area (Å²) >= 11 is 0. The lowest BCUT2D eigenvalue weighted by atomic mass is 9.98. The molecule has 1 heterocycles. The molecule has 0 bridgehead atoms. The van der Waals surface area contributed by atoms with Gasteiger partial charge in [0.25, 0.3) is 0 Å². The molecule has 0 aromatic carbocycles. The fourth-order valence-corrected chi connectivity index (χ4v) is 0.817. The second-order valence-corrected chi connectivity index (χ2v) is 2.18. The molecule has 0 radical (unpaired) electrons. The van der Waals surface area contributed by atoms with Crippen LogP contribution in [0.2, 0.25) is 0 Å². The van der Waals surface area contributed by atoms with E-state index in [-0.39, 0.29) is 0 Å². The van der Waals surface area contributed by atoms with Gasteiger partial charge in [0, 0.05) is 0 Å². The van der Waals surface area contributed by atoms with Crippen molar-refractivity contribution in [3.8, 4) is 12.1 Å². The van der Waals surface area contributed by atoms with Gasteiger partial charge in [0.1, 0.15) is 12.1 Å². The van der Waals surface area contributed by atoms with Gasteiger partial charge >= 0.3 is 0 Å². The Hall–Kier alpha value is -1.10. The fraction of sp³-hybridized carbons (Fsp3) is 0.667. The largest absolute Gasteiger partial charge is 0.299 e.